The maximum atomic E-state index is 12.0. The molecule has 2 aromatic carbocycles. The molecule has 2 aromatic rings. The Morgan fingerprint density at radius 2 is 1.13 bits per heavy atom. The summed E-state index contributed by atoms with van der Waals surface area (Å²) in [7, 11) is 0. The molecule has 0 spiro atoms. The Labute approximate surface area is 227 Å². The van der Waals surface area contributed by atoms with Crippen molar-refractivity contribution in [3.05, 3.63) is 72.9 Å². The van der Waals surface area contributed by atoms with Crippen LogP contribution in [0.15, 0.2) is 77.7 Å². The second kappa shape index (κ2) is 14.7. The zero-order valence-corrected chi connectivity index (χ0v) is 22.9. The summed E-state index contributed by atoms with van der Waals surface area (Å²) in [6.07, 6.45) is 1.88. The van der Waals surface area contributed by atoms with Gasteiger partial charge in [0.1, 0.15) is 32.2 Å². The van der Waals surface area contributed by atoms with Crippen molar-refractivity contribution in [3.8, 4) is 28.4 Å². The first-order valence-corrected chi connectivity index (χ1v) is 12.9. The van der Waals surface area contributed by atoms with E-state index in [1.807, 2.05) is 24.5 Å². The van der Waals surface area contributed by atoms with Crippen LogP contribution in [-0.2, 0) is 23.9 Å². The number of ether oxygens (including phenoxy) is 5. The first kappa shape index (κ1) is 30.2. The Morgan fingerprint density at radius 3 is 1.63 bits per heavy atom. The van der Waals surface area contributed by atoms with Gasteiger partial charge in [0, 0.05) is 16.7 Å². The Balaban J connectivity index is 2.24. The second-order valence-electron chi connectivity index (χ2n) is 8.23. The highest BCUT2D eigenvalue weighted by Gasteiger charge is 2.14. The van der Waals surface area contributed by atoms with Gasteiger partial charge < -0.3 is 23.7 Å². The van der Waals surface area contributed by atoms with Gasteiger partial charge >= 0.3 is 17.9 Å². The van der Waals surface area contributed by atoms with E-state index in [0.29, 0.717) is 34.0 Å². The molecule has 0 heterocycles. The largest absolute Gasteiger partial charge is 0.486 e. The molecule has 202 valence electrons. The Morgan fingerprint density at radius 1 is 0.658 bits per heavy atom. The minimum atomic E-state index is -0.504. The van der Waals surface area contributed by atoms with E-state index in [1.54, 1.807) is 39.0 Å². The van der Waals surface area contributed by atoms with Gasteiger partial charge in [-0.1, -0.05) is 31.9 Å². The lowest BCUT2D eigenvalue weighted by atomic mass is 10.0. The molecule has 0 aliphatic carbocycles. The first-order chi connectivity index (χ1) is 18.0. The van der Waals surface area contributed by atoms with E-state index in [1.165, 1.54) is 11.8 Å². The van der Waals surface area contributed by atoms with E-state index in [9.17, 15) is 14.4 Å². The predicted octanol–water partition coefficient (Wildman–Crippen LogP) is 5.55. The maximum absolute atomic E-state index is 12.0. The third-order valence-corrected chi connectivity index (χ3v) is 5.60. The molecule has 38 heavy (non-hydrogen) atoms. The zero-order chi connectivity index (χ0) is 28.2. The lowest BCUT2D eigenvalue weighted by molar-refractivity contribution is -0.140. The van der Waals surface area contributed by atoms with E-state index >= 15 is 0 Å². The van der Waals surface area contributed by atoms with Crippen LogP contribution in [0.5, 0.6) is 17.2 Å². The molecule has 0 radical (unpaired) electrons. The molecule has 0 bridgehead atoms. The standard InChI is InChI=1S/C29H32O8S/c1-18(2)27(30)35-14-12-33-23-10-8-21(16-25(23)34-13-15-36-28(31)19(3)4)22-9-11-24(26(17-22)38-7)37-29(32)20(5)6/h8-11,16-17H,1,3,5,12-15H2,2,4,6-7H3. The van der Waals surface area contributed by atoms with Gasteiger partial charge in [0.2, 0.25) is 0 Å². The van der Waals surface area contributed by atoms with E-state index in [4.69, 9.17) is 23.7 Å². The molecule has 0 fully saturated rings. The third-order valence-electron chi connectivity index (χ3n) is 4.84. The number of hydrogen-bond donors (Lipinski definition) is 0. The molecular weight excluding hydrogens is 508 g/mol. The Bertz CT molecular complexity index is 1230. The topological polar surface area (TPSA) is 97.4 Å². The van der Waals surface area contributed by atoms with Crippen LogP contribution in [-0.4, -0.2) is 50.6 Å². The number of esters is 3. The van der Waals surface area contributed by atoms with Crippen LogP contribution in [0.4, 0.5) is 0 Å². The fraction of sp³-hybridized carbons (Fsp3) is 0.276. The average Bonchev–Trinajstić information content (AvgIpc) is 2.89. The summed E-state index contributed by atoms with van der Waals surface area (Å²) in [5.41, 5.74) is 2.56. The minimum absolute atomic E-state index is 0.0188. The fourth-order valence-electron chi connectivity index (χ4n) is 2.86. The highest BCUT2D eigenvalue weighted by atomic mass is 32.2. The van der Waals surface area contributed by atoms with Crippen LogP contribution in [0.25, 0.3) is 11.1 Å². The summed E-state index contributed by atoms with van der Waals surface area (Å²) in [6.45, 7) is 15.6. The van der Waals surface area contributed by atoms with Crippen LogP contribution in [0.2, 0.25) is 0 Å². The number of hydrogen-bond acceptors (Lipinski definition) is 9. The van der Waals surface area contributed by atoms with E-state index in [2.05, 4.69) is 19.7 Å². The molecule has 2 rings (SSSR count). The SMILES string of the molecule is C=C(C)C(=O)OCCOc1ccc(-c2ccc(OC(=O)C(=C)C)c(SC)c2)cc1OCCOC(=O)C(=C)C. The summed E-state index contributed by atoms with van der Waals surface area (Å²) < 4.78 is 27.2. The number of carbonyl (C=O) groups excluding carboxylic acids is 3. The van der Waals surface area contributed by atoms with Crippen molar-refractivity contribution in [2.75, 3.05) is 32.7 Å². The molecule has 0 amide bonds. The maximum Gasteiger partial charge on any atom is 0.338 e. The molecule has 0 unspecified atom stereocenters. The van der Waals surface area contributed by atoms with Gasteiger partial charge in [-0.05, 0) is 62.4 Å². The van der Waals surface area contributed by atoms with Gasteiger partial charge in [-0.2, -0.15) is 0 Å². The van der Waals surface area contributed by atoms with Crippen molar-refractivity contribution in [1.29, 1.82) is 0 Å². The van der Waals surface area contributed by atoms with Gasteiger partial charge in [0.25, 0.3) is 0 Å². The average molecular weight is 541 g/mol. The van der Waals surface area contributed by atoms with E-state index < -0.39 is 17.9 Å². The normalized spacial score (nSPS) is 10.2. The molecular formula is C29H32O8S. The Hall–Kier alpha value is -3.98. The van der Waals surface area contributed by atoms with Gasteiger partial charge in [-0.3, -0.25) is 0 Å². The van der Waals surface area contributed by atoms with Crippen molar-refractivity contribution in [2.24, 2.45) is 0 Å². The fourth-order valence-corrected chi connectivity index (χ4v) is 3.41. The van der Waals surface area contributed by atoms with Gasteiger partial charge in [0.05, 0.1) is 4.90 Å². The van der Waals surface area contributed by atoms with Gasteiger partial charge in [0.15, 0.2) is 11.5 Å². The van der Waals surface area contributed by atoms with E-state index in [0.717, 1.165) is 16.0 Å². The highest BCUT2D eigenvalue weighted by molar-refractivity contribution is 7.98. The number of carbonyl (C=O) groups is 3. The summed E-state index contributed by atoms with van der Waals surface area (Å²) >= 11 is 1.44. The summed E-state index contributed by atoms with van der Waals surface area (Å²) in [5.74, 6) is -0.232. The smallest absolute Gasteiger partial charge is 0.338 e. The van der Waals surface area contributed by atoms with Gasteiger partial charge in [-0.15, -0.1) is 11.8 Å². The summed E-state index contributed by atoms with van der Waals surface area (Å²) in [6, 6.07) is 10.8. The van der Waals surface area contributed by atoms with E-state index in [-0.39, 0.29) is 26.4 Å². The molecule has 0 aromatic heterocycles. The molecule has 0 atom stereocenters. The van der Waals surface area contributed by atoms with Crippen molar-refractivity contribution >= 4 is 29.7 Å². The monoisotopic (exact) mass is 540 g/mol. The molecule has 9 heteroatoms. The number of rotatable bonds is 14. The second-order valence-corrected chi connectivity index (χ2v) is 9.07. The van der Waals surface area contributed by atoms with Crippen LogP contribution in [0, 0.1) is 0 Å². The zero-order valence-electron chi connectivity index (χ0n) is 22.1. The van der Waals surface area contributed by atoms with Crippen molar-refractivity contribution < 1.29 is 38.1 Å². The van der Waals surface area contributed by atoms with Gasteiger partial charge in [-0.25, -0.2) is 14.4 Å². The Kier molecular flexibility index (Phi) is 11.7. The number of thioether (sulfide) groups is 1. The molecule has 0 saturated carbocycles. The quantitative estimate of drug-likeness (QED) is 0.100. The lowest BCUT2D eigenvalue weighted by Gasteiger charge is -2.16. The molecule has 0 aliphatic rings. The summed E-state index contributed by atoms with van der Waals surface area (Å²) in [4.78, 5) is 36.0. The van der Waals surface area contributed by atoms with Crippen LogP contribution < -0.4 is 14.2 Å². The van der Waals surface area contributed by atoms with Crippen molar-refractivity contribution in [2.45, 2.75) is 25.7 Å². The minimum Gasteiger partial charge on any atom is -0.486 e. The predicted molar refractivity (Wildman–Crippen MR) is 147 cm³/mol. The van der Waals surface area contributed by atoms with Crippen LogP contribution in [0.3, 0.4) is 0 Å². The van der Waals surface area contributed by atoms with Crippen LogP contribution >= 0.6 is 11.8 Å². The molecule has 0 aliphatic heterocycles. The number of benzene rings is 2. The molecule has 0 N–H and O–H groups in total. The third kappa shape index (κ3) is 9.15. The van der Waals surface area contributed by atoms with Crippen molar-refractivity contribution in [3.63, 3.8) is 0 Å². The highest BCUT2D eigenvalue weighted by Crippen LogP contribution is 2.37. The van der Waals surface area contributed by atoms with Crippen molar-refractivity contribution in [1.82, 2.24) is 0 Å². The molecule has 8 nitrogen and oxygen atoms in total. The summed E-state index contributed by atoms with van der Waals surface area (Å²) in [5, 5.41) is 0. The molecule has 0 saturated heterocycles. The lowest BCUT2D eigenvalue weighted by Crippen LogP contribution is -2.14. The first-order valence-electron chi connectivity index (χ1n) is 11.6. The van der Waals surface area contributed by atoms with Crippen LogP contribution in [0.1, 0.15) is 20.8 Å².